The number of benzene rings is 1. The smallest absolute Gasteiger partial charge is 0.258 e. The van der Waals surface area contributed by atoms with E-state index in [9.17, 15) is 14.7 Å². The normalized spacial score (nSPS) is 9.47. The molecule has 0 fully saturated rings. The first kappa shape index (κ1) is 12.8. The fourth-order valence-corrected chi connectivity index (χ4v) is 1.04. The van der Waals surface area contributed by atoms with Crippen LogP contribution >= 0.6 is 0 Å². The van der Waals surface area contributed by atoms with Crippen LogP contribution in [0.4, 0.5) is 0 Å². The van der Waals surface area contributed by atoms with Gasteiger partial charge < -0.3 is 24.7 Å². The third kappa shape index (κ3) is 4.87. The van der Waals surface area contributed by atoms with Crippen LogP contribution in [-0.2, 0) is 9.59 Å². The molecule has 0 heterocycles. The predicted molar refractivity (Wildman–Crippen MR) is 56.5 cm³/mol. The van der Waals surface area contributed by atoms with Gasteiger partial charge in [0.25, 0.3) is 5.91 Å². The zero-order valence-corrected chi connectivity index (χ0v) is 9.26. The van der Waals surface area contributed by atoms with Crippen molar-refractivity contribution in [2.45, 2.75) is 0 Å². The van der Waals surface area contributed by atoms with Gasteiger partial charge >= 0.3 is 0 Å². The van der Waals surface area contributed by atoms with Crippen molar-refractivity contribution in [2.75, 3.05) is 20.3 Å². The van der Waals surface area contributed by atoms with E-state index in [1.54, 1.807) is 31.4 Å². The number of amides is 1. The van der Waals surface area contributed by atoms with Crippen LogP contribution in [0.2, 0.25) is 0 Å². The molecule has 0 bridgehead atoms. The molecular formula is C11H12NO5-. The Labute approximate surface area is 98.2 Å². The van der Waals surface area contributed by atoms with Gasteiger partial charge in [0.1, 0.15) is 11.5 Å². The molecule has 1 aromatic carbocycles. The number of nitrogens with one attached hydrogen (secondary N) is 1. The molecule has 0 aliphatic carbocycles. The van der Waals surface area contributed by atoms with Gasteiger partial charge in [0, 0.05) is 0 Å². The molecule has 1 aromatic rings. The molecule has 92 valence electrons. The highest BCUT2D eigenvalue weighted by Crippen LogP contribution is 2.16. The van der Waals surface area contributed by atoms with E-state index in [2.05, 4.69) is 5.32 Å². The van der Waals surface area contributed by atoms with Crippen LogP contribution < -0.4 is 19.9 Å². The summed E-state index contributed by atoms with van der Waals surface area (Å²) in [5, 5.41) is 12.2. The number of aliphatic carboxylic acids is 1. The Kier molecular flexibility index (Phi) is 4.80. The molecule has 0 saturated carbocycles. The summed E-state index contributed by atoms with van der Waals surface area (Å²) < 4.78 is 10.1. The predicted octanol–water partition coefficient (Wildman–Crippen LogP) is -1.06. The lowest BCUT2D eigenvalue weighted by Gasteiger charge is -2.08. The first-order valence-corrected chi connectivity index (χ1v) is 4.85. The van der Waals surface area contributed by atoms with E-state index in [-0.39, 0.29) is 6.61 Å². The topological polar surface area (TPSA) is 87.7 Å². The molecule has 0 atom stereocenters. The SMILES string of the molecule is COc1ccc(OCC(=O)NCC(=O)[O-])cc1. The van der Waals surface area contributed by atoms with Crippen molar-refractivity contribution in [3.63, 3.8) is 0 Å². The number of ether oxygens (including phenoxy) is 2. The second-order valence-corrected chi connectivity index (χ2v) is 3.11. The van der Waals surface area contributed by atoms with E-state index in [0.717, 1.165) is 0 Å². The number of methoxy groups -OCH3 is 1. The lowest BCUT2D eigenvalue weighted by Crippen LogP contribution is -2.39. The van der Waals surface area contributed by atoms with Crippen molar-refractivity contribution in [3.8, 4) is 11.5 Å². The van der Waals surface area contributed by atoms with Crippen molar-refractivity contribution >= 4 is 11.9 Å². The molecule has 1 N–H and O–H groups in total. The number of carboxylic acids is 1. The fourth-order valence-electron chi connectivity index (χ4n) is 1.04. The summed E-state index contributed by atoms with van der Waals surface area (Å²) >= 11 is 0. The molecule has 6 heteroatoms. The number of carboxylic acid groups (broad SMARTS) is 1. The standard InChI is InChI=1S/C11H13NO5/c1-16-8-2-4-9(5-3-8)17-7-10(13)12-6-11(14)15/h2-5H,6-7H2,1H3,(H,12,13)(H,14,15)/p-1. The Balaban J connectivity index is 2.34. The number of carbonyl (C=O) groups excluding carboxylic acids is 2. The Morgan fingerprint density at radius 1 is 1.24 bits per heavy atom. The minimum Gasteiger partial charge on any atom is -0.548 e. The molecule has 0 radical (unpaired) electrons. The van der Waals surface area contributed by atoms with Gasteiger partial charge in [0.2, 0.25) is 0 Å². The third-order valence-electron chi connectivity index (χ3n) is 1.86. The minimum absolute atomic E-state index is 0.250. The number of hydrogen-bond acceptors (Lipinski definition) is 5. The maximum Gasteiger partial charge on any atom is 0.258 e. The summed E-state index contributed by atoms with van der Waals surface area (Å²) in [6, 6.07) is 6.67. The molecule has 0 spiro atoms. The Bertz CT molecular complexity index is 387. The van der Waals surface area contributed by atoms with Crippen LogP contribution in [0.25, 0.3) is 0 Å². The van der Waals surface area contributed by atoms with E-state index in [1.165, 1.54) is 0 Å². The number of rotatable bonds is 6. The van der Waals surface area contributed by atoms with Crippen LogP contribution in [-0.4, -0.2) is 32.1 Å². The molecule has 17 heavy (non-hydrogen) atoms. The van der Waals surface area contributed by atoms with E-state index in [0.29, 0.717) is 11.5 Å². The maximum atomic E-state index is 11.1. The molecule has 0 aliphatic rings. The molecule has 1 rings (SSSR count). The largest absolute Gasteiger partial charge is 0.548 e. The molecular weight excluding hydrogens is 226 g/mol. The van der Waals surface area contributed by atoms with Crippen LogP contribution in [0, 0.1) is 0 Å². The Morgan fingerprint density at radius 2 is 1.82 bits per heavy atom. The van der Waals surface area contributed by atoms with Crippen LogP contribution in [0.15, 0.2) is 24.3 Å². The summed E-state index contributed by atoms with van der Waals surface area (Å²) in [5.41, 5.74) is 0. The molecule has 0 saturated heterocycles. The highest BCUT2D eigenvalue weighted by molar-refractivity contribution is 5.81. The van der Waals surface area contributed by atoms with Gasteiger partial charge in [0.15, 0.2) is 6.61 Å². The molecule has 0 unspecified atom stereocenters. The van der Waals surface area contributed by atoms with Crippen molar-refractivity contribution in [2.24, 2.45) is 0 Å². The lowest BCUT2D eigenvalue weighted by atomic mass is 10.3. The van der Waals surface area contributed by atoms with Gasteiger partial charge in [-0.15, -0.1) is 0 Å². The first-order chi connectivity index (χ1) is 8.11. The van der Waals surface area contributed by atoms with Gasteiger partial charge in [0.05, 0.1) is 19.6 Å². The number of hydrogen-bond donors (Lipinski definition) is 1. The van der Waals surface area contributed by atoms with Crippen LogP contribution in [0.3, 0.4) is 0 Å². The van der Waals surface area contributed by atoms with Crippen LogP contribution in [0.5, 0.6) is 11.5 Å². The lowest BCUT2D eigenvalue weighted by molar-refractivity contribution is -0.304. The highest BCUT2D eigenvalue weighted by atomic mass is 16.5. The third-order valence-corrected chi connectivity index (χ3v) is 1.86. The molecule has 0 aliphatic heterocycles. The van der Waals surface area contributed by atoms with Gasteiger partial charge in [-0.2, -0.15) is 0 Å². The van der Waals surface area contributed by atoms with Crippen molar-refractivity contribution in [3.05, 3.63) is 24.3 Å². The molecule has 0 aromatic heterocycles. The summed E-state index contributed by atoms with van der Waals surface area (Å²) in [6.07, 6.45) is 0. The molecule has 6 nitrogen and oxygen atoms in total. The summed E-state index contributed by atoms with van der Waals surface area (Å²) in [4.78, 5) is 21.2. The average Bonchev–Trinajstić information content (AvgIpc) is 2.34. The summed E-state index contributed by atoms with van der Waals surface area (Å²) in [6.45, 7) is -0.773. The van der Waals surface area contributed by atoms with Crippen LogP contribution in [0.1, 0.15) is 0 Å². The molecule has 1 amide bonds. The zero-order chi connectivity index (χ0) is 12.7. The second-order valence-electron chi connectivity index (χ2n) is 3.11. The van der Waals surface area contributed by atoms with E-state index >= 15 is 0 Å². The van der Waals surface area contributed by atoms with Crippen molar-refractivity contribution in [1.82, 2.24) is 5.32 Å². The van der Waals surface area contributed by atoms with Crippen molar-refractivity contribution < 1.29 is 24.2 Å². The van der Waals surface area contributed by atoms with E-state index < -0.39 is 18.4 Å². The maximum absolute atomic E-state index is 11.1. The minimum atomic E-state index is -1.34. The second kappa shape index (κ2) is 6.37. The van der Waals surface area contributed by atoms with Gasteiger partial charge in [-0.05, 0) is 24.3 Å². The average molecular weight is 238 g/mol. The monoisotopic (exact) mass is 238 g/mol. The van der Waals surface area contributed by atoms with Gasteiger partial charge in [-0.3, -0.25) is 4.79 Å². The summed E-state index contributed by atoms with van der Waals surface area (Å²) in [7, 11) is 1.54. The Hall–Kier alpha value is -2.24. The van der Waals surface area contributed by atoms with E-state index in [4.69, 9.17) is 9.47 Å². The Morgan fingerprint density at radius 3 is 2.35 bits per heavy atom. The highest BCUT2D eigenvalue weighted by Gasteiger charge is 2.02. The van der Waals surface area contributed by atoms with Crippen molar-refractivity contribution in [1.29, 1.82) is 0 Å². The van der Waals surface area contributed by atoms with Gasteiger partial charge in [-0.25, -0.2) is 0 Å². The summed E-state index contributed by atoms with van der Waals surface area (Å²) in [5.74, 6) is -0.694. The fraction of sp³-hybridized carbons (Fsp3) is 0.273. The first-order valence-electron chi connectivity index (χ1n) is 4.85. The quantitative estimate of drug-likeness (QED) is 0.682. The number of carbonyl (C=O) groups is 2. The van der Waals surface area contributed by atoms with Gasteiger partial charge in [-0.1, -0.05) is 0 Å². The zero-order valence-electron chi connectivity index (χ0n) is 9.26. The van der Waals surface area contributed by atoms with E-state index in [1.807, 2.05) is 0 Å².